The highest BCUT2D eigenvalue weighted by atomic mass is 79.9. The fraction of sp³-hybridized carbons (Fsp3) is 0.188. The van der Waals surface area contributed by atoms with Gasteiger partial charge in [0.25, 0.3) is 0 Å². The lowest BCUT2D eigenvalue weighted by Gasteiger charge is -2.11. The number of rotatable bonds is 5. The highest BCUT2D eigenvalue weighted by Crippen LogP contribution is 2.24. The van der Waals surface area contributed by atoms with Crippen LogP contribution in [0.4, 0.5) is 5.69 Å². The molecule has 6 nitrogen and oxygen atoms in total. The summed E-state index contributed by atoms with van der Waals surface area (Å²) in [5.41, 5.74) is 0.579. The predicted octanol–water partition coefficient (Wildman–Crippen LogP) is 3.27. The maximum absolute atomic E-state index is 12.2. The minimum atomic E-state index is -0.611. The number of esters is 2. The van der Waals surface area contributed by atoms with E-state index in [-0.39, 0.29) is 29.1 Å². The summed E-state index contributed by atoms with van der Waals surface area (Å²) in [6, 6.07) is 7.92. The first-order chi connectivity index (χ1) is 11.4. The van der Waals surface area contributed by atoms with Gasteiger partial charge in [0.05, 0.1) is 41.2 Å². The molecule has 24 heavy (non-hydrogen) atoms. The normalized spacial score (nSPS) is 10.1. The van der Waals surface area contributed by atoms with E-state index in [0.717, 1.165) is 8.66 Å². The summed E-state index contributed by atoms with van der Waals surface area (Å²) in [6.45, 7) is 0. The molecular weight excluding hydrogens is 398 g/mol. The third-order valence-corrected chi connectivity index (χ3v) is 4.71. The Labute approximate surface area is 150 Å². The fourth-order valence-corrected chi connectivity index (χ4v) is 3.46. The summed E-state index contributed by atoms with van der Waals surface area (Å²) in [4.78, 5) is 36.6. The molecular formula is C16H14BrNO5S. The van der Waals surface area contributed by atoms with E-state index in [4.69, 9.17) is 4.74 Å². The number of methoxy groups -OCH3 is 2. The van der Waals surface area contributed by atoms with Crippen molar-refractivity contribution < 1.29 is 23.9 Å². The number of halogens is 1. The Morgan fingerprint density at radius 3 is 2.38 bits per heavy atom. The van der Waals surface area contributed by atoms with Gasteiger partial charge in [0.1, 0.15) is 0 Å². The van der Waals surface area contributed by atoms with Gasteiger partial charge in [-0.1, -0.05) is 0 Å². The van der Waals surface area contributed by atoms with Gasteiger partial charge in [-0.2, -0.15) is 0 Å². The van der Waals surface area contributed by atoms with Gasteiger partial charge in [0, 0.05) is 4.88 Å². The molecule has 0 aliphatic heterocycles. The molecule has 0 atom stereocenters. The molecule has 0 fully saturated rings. The Kier molecular flexibility index (Phi) is 6.10. The minimum Gasteiger partial charge on any atom is -0.465 e. The van der Waals surface area contributed by atoms with Gasteiger partial charge < -0.3 is 14.8 Å². The number of hydrogen-bond donors (Lipinski definition) is 1. The van der Waals surface area contributed by atoms with Gasteiger partial charge >= 0.3 is 11.9 Å². The maximum Gasteiger partial charge on any atom is 0.339 e. The summed E-state index contributed by atoms with van der Waals surface area (Å²) >= 11 is 4.78. The molecule has 0 unspecified atom stereocenters. The molecule has 8 heteroatoms. The summed E-state index contributed by atoms with van der Waals surface area (Å²) < 4.78 is 10.3. The fourth-order valence-electron chi connectivity index (χ4n) is 1.98. The van der Waals surface area contributed by atoms with E-state index in [0.29, 0.717) is 0 Å². The Bertz CT molecular complexity index is 787. The number of amides is 1. The van der Waals surface area contributed by atoms with E-state index in [1.807, 2.05) is 12.1 Å². The van der Waals surface area contributed by atoms with Gasteiger partial charge in [0.15, 0.2) is 0 Å². The number of hydrogen-bond acceptors (Lipinski definition) is 6. The highest BCUT2D eigenvalue weighted by molar-refractivity contribution is 9.11. The highest BCUT2D eigenvalue weighted by Gasteiger charge is 2.17. The van der Waals surface area contributed by atoms with Crippen LogP contribution in [0.25, 0.3) is 0 Å². The largest absolute Gasteiger partial charge is 0.465 e. The monoisotopic (exact) mass is 411 g/mol. The summed E-state index contributed by atoms with van der Waals surface area (Å²) in [5.74, 6) is -1.48. The van der Waals surface area contributed by atoms with Crippen LogP contribution in [0.1, 0.15) is 25.6 Å². The quantitative estimate of drug-likeness (QED) is 0.763. The van der Waals surface area contributed by atoms with Crippen molar-refractivity contribution in [3.8, 4) is 0 Å². The Balaban J connectivity index is 2.26. The van der Waals surface area contributed by atoms with Crippen LogP contribution in [0, 0.1) is 0 Å². The molecule has 1 amide bonds. The van der Waals surface area contributed by atoms with Crippen LogP contribution in [0.5, 0.6) is 0 Å². The lowest BCUT2D eigenvalue weighted by atomic mass is 10.1. The molecule has 1 aromatic heterocycles. The molecule has 0 radical (unpaired) electrons. The zero-order valence-corrected chi connectivity index (χ0v) is 15.3. The van der Waals surface area contributed by atoms with Crippen molar-refractivity contribution in [3.05, 3.63) is 50.1 Å². The molecule has 0 spiro atoms. The number of nitrogens with one attached hydrogen (secondary N) is 1. The number of carbonyl (C=O) groups excluding carboxylic acids is 3. The second kappa shape index (κ2) is 8.07. The summed E-state index contributed by atoms with van der Waals surface area (Å²) in [6.07, 6.45) is 0.152. The number of carbonyl (C=O) groups is 3. The van der Waals surface area contributed by atoms with Crippen molar-refractivity contribution >= 4 is 50.8 Å². The molecule has 0 bridgehead atoms. The first-order valence-electron chi connectivity index (χ1n) is 6.79. The van der Waals surface area contributed by atoms with Crippen LogP contribution >= 0.6 is 27.3 Å². The smallest absolute Gasteiger partial charge is 0.339 e. The summed E-state index contributed by atoms with van der Waals surface area (Å²) in [5, 5.41) is 2.65. The van der Waals surface area contributed by atoms with Gasteiger partial charge in [-0.05, 0) is 46.3 Å². The first-order valence-corrected chi connectivity index (χ1v) is 8.40. The molecule has 0 aliphatic rings. The molecule has 1 heterocycles. The van der Waals surface area contributed by atoms with Crippen molar-refractivity contribution in [2.24, 2.45) is 0 Å². The van der Waals surface area contributed by atoms with E-state index in [9.17, 15) is 14.4 Å². The second-order valence-corrected chi connectivity index (χ2v) is 7.22. The second-order valence-electron chi connectivity index (χ2n) is 4.67. The lowest BCUT2D eigenvalue weighted by Crippen LogP contribution is -2.17. The van der Waals surface area contributed by atoms with Crippen LogP contribution in [-0.4, -0.2) is 32.1 Å². The maximum atomic E-state index is 12.2. The minimum absolute atomic E-state index is 0.152. The summed E-state index contributed by atoms with van der Waals surface area (Å²) in [7, 11) is 2.49. The van der Waals surface area contributed by atoms with Crippen LogP contribution in [0.3, 0.4) is 0 Å². The van der Waals surface area contributed by atoms with E-state index < -0.39 is 11.9 Å². The van der Waals surface area contributed by atoms with Crippen molar-refractivity contribution in [2.45, 2.75) is 6.42 Å². The predicted molar refractivity (Wildman–Crippen MR) is 93.5 cm³/mol. The van der Waals surface area contributed by atoms with Crippen molar-refractivity contribution in [2.75, 3.05) is 19.5 Å². The topological polar surface area (TPSA) is 81.7 Å². The Morgan fingerprint density at radius 1 is 1.08 bits per heavy atom. The Morgan fingerprint density at radius 2 is 1.79 bits per heavy atom. The molecule has 2 aromatic rings. The average molecular weight is 412 g/mol. The van der Waals surface area contributed by atoms with Crippen LogP contribution < -0.4 is 5.32 Å². The molecule has 1 N–H and O–H groups in total. The molecule has 2 rings (SSSR count). The van der Waals surface area contributed by atoms with Crippen LogP contribution in [-0.2, 0) is 20.7 Å². The Hall–Kier alpha value is -2.19. The van der Waals surface area contributed by atoms with Gasteiger partial charge in [-0.3, -0.25) is 4.79 Å². The lowest BCUT2D eigenvalue weighted by molar-refractivity contribution is -0.115. The van der Waals surface area contributed by atoms with Crippen LogP contribution in [0.15, 0.2) is 34.1 Å². The van der Waals surface area contributed by atoms with Crippen molar-refractivity contribution in [1.82, 2.24) is 0 Å². The van der Waals surface area contributed by atoms with Gasteiger partial charge in [-0.25, -0.2) is 9.59 Å². The van der Waals surface area contributed by atoms with Gasteiger partial charge in [0.2, 0.25) is 5.91 Å². The van der Waals surface area contributed by atoms with Crippen molar-refractivity contribution in [1.29, 1.82) is 0 Å². The van der Waals surface area contributed by atoms with E-state index in [2.05, 4.69) is 26.0 Å². The number of ether oxygens (including phenoxy) is 2. The van der Waals surface area contributed by atoms with Gasteiger partial charge in [-0.15, -0.1) is 11.3 Å². The van der Waals surface area contributed by atoms with Crippen molar-refractivity contribution in [3.63, 3.8) is 0 Å². The molecule has 1 aromatic carbocycles. The van der Waals surface area contributed by atoms with Crippen LogP contribution in [0.2, 0.25) is 0 Å². The third kappa shape index (κ3) is 4.42. The third-order valence-electron chi connectivity index (χ3n) is 3.08. The first kappa shape index (κ1) is 18.2. The average Bonchev–Trinajstić information content (AvgIpc) is 2.97. The number of benzene rings is 1. The zero-order valence-electron chi connectivity index (χ0n) is 12.9. The SMILES string of the molecule is COC(=O)c1ccc(C(=O)OC)c(NC(=O)Cc2ccc(Br)s2)c1. The number of thiophene rings is 1. The zero-order chi connectivity index (χ0) is 17.7. The van der Waals surface area contributed by atoms with E-state index in [1.54, 1.807) is 0 Å². The standard InChI is InChI=1S/C16H14BrNO5S/c1-22-15(20)9-3-5-11(16(21)23-2)12(7-9)18-14(19)8-10-4-6-13(17)24-10/h3-7H,8H2,1-2H3,(H,18,19). The van der Waals surface area contributed by atoms with E-state index in [1.165, 1.54) is 43.8 Å². The molecule has 0 saturated carbocycles. The van der Waals surface area contributed by atoms with E-state index >= 15 is 0 Å². The number of anilines is 1. The molecule has 126 valence electrons. The molecule has 0 saturated heterocycles. The molecule has 0 aliphatic carbocycles.